The van der Waals surface area contributed by atoms with E-state index in [2.05, 4.69) is 47.1 Å². The zero-order valence-corrected chi connectivity index (χ0v) is 18.6. The maximum atomic E-state index is 4.95. The van der Waals surface area contributed by atoms with Gasteiger partial charge in [-0.15, -0.1) is 0 Å². The quantitative estimate of drug-likeness (QED) is 0.400. The summed E-state index contributed by atoms with van der Waals surface area (Å²) in [5.74, 6) is 1.07. The van der Waals surface area contributed by atoms with Crippen molar-refractivity contribution >= 4 is 11.5 Å². The molecule has 0 aliphatic carbocycles. The lowest BCUT2D eigenvalue weighted by Gasteiger charge is -2.29. The minimum absolute atomic E-state index is 0.824. The first-order valence-corrected chi connectivity index (χ1v) is 11.4. The fourth-order valence-electron chi connectivity index (χ4n) is 4.48. The molecular weight excluding hydrogens is 410 g/mol. The highest BCUT2D eigenvalue weighted by atomic mass is 15.4. The lowest BCUT2D eigenvalue weighted by Crippen LogP contribution is -2.31. The summed E-state index contributed by atoms with van der Waals surface area (Å²) in [6, 6.07) is 18.5. The minimum atomic E-state index is 0.824. The predicted octanol–water partition coefficient (Wildman–Crippen LogP) is 4.94. The van der Waals surface area contributed by atoms with Gasteiger partial charge in [-0.3, -0.25) is 4.98 Å². The van der Waals surface area contributed by atoms with Crippen molar-refractivity contribution in [2.75, 3.05) is 18.0 Å². The number of pyridine rings is 1. The Morgan fingerprint density at radius 2 is 1.64 bits per heavy atom. The van der Waals surface area contributed by atoms with Crippen LogP contribution in [-0.2, 0) is 0 Å². The molecule has 0 spiro atoms. The van der Waals surface area contributed by atoms with Crippen LogP contribution in [0.3, 0.4) is 0 Å². The van der Waals surface area contributed by atoms with Gasteiger partial charge in [-0.2, -0.15) is 14.7 Å². The Hall–Kier alpha value is -4.00. The number of piperidine rings is 1. The number of fused-ring (bicyclic) bond motifs is 1. The van der Waals surface area contributed by atoms with Gasteiger partial charge in [-0.05, 0) is 62.1 Å². The second kappa shape index (κ2) is 8.16. The molecule has 1 aliphatic heterocycles. The molecule has 7 nitrogen and oxygen atoms in total. The highest BCUT2D eigenvalue weighted by Gasteiger charge is 2.19. The molecule has 0 bridgehead atoms. The summed E-state index contributed by atoms with van der Waals surface area (Å²) in [5, 5.41) is 9.76. The van der Waals surface area contributed by atoms with Crippen LogP contribution in [0.5, 0.6) is 0 Å². The number of benzene rings is 1. The summed E-state index contributed by atoms with van der Waals surface area (Å²) in [5.41, 5.74) is 6.71. The second-order valence-electron chi connectivity index (χ2n) is 8.57. The molecule has 0 radical (unpaired) electrons. The van der Waals surface area contributed by atoms with Gasteiger partial charge in [-0.1, -0.05) is 12.1 Å². The summed E-state index contributed by atoms with van der Waals surface area (Å²) in [6.45, 7) is 4.15. The van der Waals surface area contributed by atoms with Gasteiger partial charge in [0.05, 0.1) is 17.1 Å². The molecule has 0 N–H and O–H groups in total. The van der Waals surface area contributed by atoms with E-state index in [1.165, 1.54) is 24.8 Å². The lowest BCUT2D eigenvalue weighted by molar-refractivity contribution is 0.568. The summed E-state index contributed by atoms with van der Waals surface area (Å²) in [7, 11) is 0. The molecule has 1 fully saturated rings. The van der Waals surface area contributed by atoms with Crippen molar-refractivity contribution in [3.05, 3.63) is 78.8 Å². The van der Waals surface area contributed by atoms with E-state index in [1.54, 1.807) is 12.4 Å². The molecule has 1 aromatic carbocycles. The van der Waals surface area contributed by atoms with Crippen LogP contribution >= 0.6 is 0 Å². The van der Waals surface area contributed by atoms with E-state index < -0.39 is 0 Å². The zero-order valence-electron chi connectivity index (χ0n) is 18.6. The van der Waals surface area contributed by atoms with Crippen LogP contribution in [-0.4, -0.2) is 42.5 Å². The van der Waals surface area contributed by atoms with Crippen LogP contribution in [0.1, 0.15) is 24.8 Å². The van der Waals surface area contributed by atoms with Gasteiger partial charge < -0.3 is 4.90 Å². The number of anilines is 1. The van der Waals surface area contributed by atoms with Gasteiger partial charge in [0.1, 0.15) is 11.5 Å². The molecule has 33 heavy (non-hydrogen) atoms. The van der Waals surface area contributed by atoms with E-state index in [1.807, 2.05) is 39.7 Å². The highest BCUT2D eigenvalue weighted by Crippen LogP contribution is 2.28. The molecule has 6 rings (SSSR count). The van der Waals surface area contributed by atoms with Gasteiger partial charge in [0.25, 0.3) is 0 Å². The smallest absolute Gasteiger partial charge is 0.158 e. The van der Waals surface area contributed by atoms with E-state index in [9.17, 15) is 0 Å². The normalized spacial score (nSPS) is 14.2. The summed E-state index contributed by atoms with van der Waals surface area (Å²) >= 11 is 0. The number of hydrogen-bond donors (Lipinski definition) is 0. The summed E-state index contributed by atoms with van der Waals surface area (Å²) in [4.78, 5) is 11.5. The van der Waals surface area contributed by atoms with Crippen molar-refractivity contribution in [1.29, 1.82) is 0 Å². The van der Waals surface area contributed by atoms with Crippen molar-refractivity contribution in [1.82, 2.24) is 29.4 Å². The third-order valence-electron chi connectivity index (χ3n) is 6.18. The Labute approximate surface area is 192 Å². The Morgan fingerprint density at radius 1 is 0.788 bits per heavy atom. The van der Waals surface area contributed by atoms with Gasteiger partial charge >= 0.3 is 0 Å². The number of aromatic nitrogens is 6. The van der Waals surface area contributed by atoms with Crippen LogP contribution in [0.2, 0.25) is 0 Å². The third-order valence-corrected chi connectivity index (χ3v) is 6.18. The summed E-state index contributed by atoms with van der Waals surface area (Å²) in [6.07, 6.45) is 9.25. The van der Waals surface area contributed by atoms with E-state index in [-0.39, 0.29) is 0 Å². The molecule has 1 aliphatic rings. The van der Waals surface area contributed by atoms with Crippen molar-refractivity contribution in [3.8, 4) is 28.3 Å². The third kappa shape index (κ3) is 3.75. The van der Waals surface area contributed by atoms with E-state index in [0.29, 0.717) is 0 Å². The van der Waals surface area contributed by atoms with Crippen molar-refractivity contribution in [2.24, 2.45) is 0 Å². The SMILES string of the molecule is Cc1cccc(-n2ccc(-c3cc(N4CCCCC4)n4nc(-c5ccncc5)cc4n3)n2)c1. The first-order chi connectivity index (χ1) is 16.2. The number of nitrogens with zero attached hydrogens (tertiary/aromatic N) is 7. The number of hydrogen-bond acceptors (Lipinski definition) is 5. The second-order valence-corrected chi connectivity index (χ2v) is 8.57. The first kappa shape index (κ1) is 19.7. The van der Waals surface area contributed by atoms with Gasteiger partial charge in [-0.25, -0.2) is 9.67 Å². The maximum absolute atomic E-state index is 4.95. The zero-order chi connectivity index (χ0) is 22.2. The molecule has 0 amide bonds. The van der Waals surface area contributed by atoms with E-state index >= 15 is 0 Å². The van der Waals surface area contributed by atoms with Crippen molar-refractivity contribution in [3.63, 3.8) is 0 Å². The van der Waals surface area contributed by atoms with E-state index in [4.69, 9.17) is 15.2 Å². The fourth-order valence-corrected chi connectivity index (χ4v) is 4.48. The molecule has 164 valence electrons. The molecule has 7 heteroatoms. The number of rotatable bonds is 4. The largest absolute Gasteiger partial charge is 0.356 e. The Kier molecular flexibility index (Phi) is 4.87. The van der Waals surface area contributed by atoms with Crippen LogP contribution in [0.15, 0.2) is 73.2 Å². The Bertz CT molecular complexity index is 1410. The summed E-state index contributed by atoms with van der Waals surface area (Å²) < 4.78 is 3.88. The molecule has 5 heterocycles. The van der Waals surface area contributed by atoms with Gasteiger partial charge in [0, 0.05) is 49.4 Å². The molecule has 5 aromatic rings. The lowest BCUT2D eigenvalue weighted by atomic mass is 10.1. The topological polar surface area (TPSA) is 64.1 Å². The molecule has 0 unspecified atom stereocenters. The van der Waals surface area contributed by atoms with Crippen LogP contribution in [0.4, 0.5) is 5.82 Å². The van der Waals surface area contributed by atoms with Gasteiger partial charge in [0.15, 0.2) is 5.65 Å². The van der Waals surface area contributed by atoms with Crippen LogP contribution in [0.25, 0.3) is 34.0 Å². The maximum Gasteiger partial charge on any atom is 0.158 e. The molecule has 1 saturated heterocycles. The number of aryl methyl sites for hydroxylation is 1. The Morgan fingerprint density at radius 3 is 2.45 bits per heavy atom. The van der Waals surface area contributed by atoms with Crippen LogP contribution < -0.4 is 4.90 Å². The van der Waals surface area contributed by atoms with Crippen molar-refractivity contribution < 1.29 is 0 Å². The first-order valence-electron chi connectivity index (χ1n) is 11.4. The van der Waals surface area contributed by atoms with E-state index in [0.717, 1.165) is 52.9 Å². The van der Waals surface area contributed by atoms with Gasteiger partial charge in [0.2, 0.25) is 0 Å². The van der Waals surface area contributed by atoms with Crippen molar-refractivity contribution in [2.45, 2.75) is 26.2 Å². The highest BCUT2D eigenvalue weighted by molar-refractivity contribution is 5.69. The average Bonchev–Trinajstić information content (AvgIpc) is 3.52. The minimum Gasteiger partial charge on any atom is -0.356 e. The van der Waals surface area contributed by atoms with Crippen LogP contribution in [0, 0.1) is 6.92 Å². The Balaban J connectivity index is 1.47. The fraction of sp³-hybridized carbons (Fsp3) is 0.231. The average molecular weight is 436 g/mol. The molecule has 0 saturated carbocycles. The monoisotopic (exact) mass is 435 g/mol. The predicted molar refractivity (Wildman–Crippen MR) is 130 cm³/mol. The standard InChI is InChI=1S/C26H25N7/c1-19-6-5-7-21(16-19)32-15-10-22(29-32)24-18-26(31-13-3-2-4-14-31)33-25(28-24)17-23(30-33)20-8-11-27-12-9-20/h5-12,15-18H,2-4,13-14H2,1H3. The molecular formula is C26H25N7. The molecule has 0 atom stereocenters. The molecule has 4 aromatic heterocycles.